The van der Waals surface area contributed by atoms with E-state index in [1.54, 1.807) is 58.2 Å². The van der Waals surface area contributed by atoms with Gasteiger partial charge in [0.15, 0.2) is 0 Å². The molecule has 1 saturated carbocycles. The molecule has 1 saturated heterocycles. The van der Waals surface area contributed by atoms with Crippen molar-refractivity contribution in [3.05, 3.63) is 93.8 Å². The monoisotopic (exact) mass is 838 g/mol. The number of rotatable bonds is 8. The van der Waals surface area contributed by atoms with Gasteiger partial charge in [-0.1, -0.05) is 30.0 Å². The van der Waals surface area contributed by atoms with Crippen LogP contribution in [0.25, 0.3) is 11.4 Å². The molecule has 2 aromatic carbocycles. The van der Waals surface area contributed by atoms with Gasteiger partial charge in [-0.2, -0.15) is 13.2 Å². The average Bonchev–Trinajstić information content (AvgIpc) is 3.99. The number of carbonyl (C=O) groups excluding carboxylic acids is 4. The lowest BCUT2D eigenvalue weighted by Gasteiger charge is -2.35. The van der Waals surface area contributed by atoms with Gasteiger partial charge in [0.1, 0.15) is 11.3 Å². The number of hydrogen-bond donors (Lipinski definition) is 1. The first-order valence-corrected chi connectivity index (χ1v) is 20.3. The zero-order valence-corrected chi connectivity index (χ0v) is 35.2. The predicted molar refractivity (Wildman–Crippen MR) is 223 cm³/mol. The third-order valence-electron chi connectivity index (χ3n) is 11.0. The van der Waals surface area contributed by atoms with E-state index in [0.29, 0.717) is 64.9 Å². The third-order valence-corrected chi connectivity index (χ3v) is 11.0. The molecule has 4 heterocycles. The molecule has 0 radical (unpaired) electrons. The van der Waals surface area contributed by atoms with Gasteiger partial charge < -0.3 is 14.6 Å². The Morgan fingerprint density at radius 3 is 2.39 bits per heavy atom. The lowest BCUT2D eigenvalue weighted by Crippen LogP contribution is -2.46. The highest BCUT2D eigenvalue weighted by molar-refractivity contribution is 6.05. The van der Waals surface area contributed by atoms with Crippen LogP contribution in [0.4, 0.5) is 29.6 Å². The molecule has 0 unspecified atom stereocenters. The van der Waals surface area contributed by atoms with Crippen molar-refractivity contribution in [3.63, 3.8) is 0 Å². The van der Waals surface area contributed by atoms with Gasteiger partial charge in [0, 0.05) is 95.9 Å². The molecule has 2 aromatic heterocycles. The van der Waals surface area contributed by atoms with Crippen LogP contribution >= 0.6 is 0 Å². The summed E-state index contributed by atoms with van der Waals surface area (Å²) in [6.45, 7) is 10.00. The molecule has 1 aliphatic carbocycles. The molecule has 16 heteroatoms. The zero-order chi connectivity index (χ0) is 43.8. The van der Waals surface area contributed by atoms with E-state index in [1.807, 2.05) is 9.47 Å². The highest BCUT2D eigenvalue weighted by Gasteiger charge is 2.37. The molecule has 13 nitrogen and oxygen atoms in total. The van der Waals surface area contributed by atoms with Gasteiger partial charge >= 0.3 is 12.3 Å². The molecule has 61 heavy (non-hydrogen) atoms. The summed E-state index contributed by atoms with van der Waals surface area (Å²) in [5, 5.41) is 2.64. The van der Waals surface area contributed by atoms with E-state index in [-0.39, 0.29) is 42.6 Å². The second-order valence-corrected chi connectivity index (χ2v) is 16.7. The first kappa shape index (κ1) is 43.1. The number of hydrogen-bond acceptors (Lipinski definition) is 9. The summed E-state index contributed by atoms with van der Waals surface area (Å²) in [6.07, 6.45) is -1.19. The van der Waals surface area contributed by atoms with E-state index < -0.39 is 35.2 Å². The number of amides is 4. The number of nitrogens with zero attached hydrogens (tertiary/aromatic N) is 7. The van der Waals surface area contributed by atoms with Crippen LogP contribution in [0, 0.1) is 11.8 Å². The van der Waals surface area contributed by atoms with Crippen LogP contribution in [0.5, 0.6) is 0 Å². The van der Waals surface area contributed by atoms with E-state index in [9.17, 15) is 32.3 Å². The smallest absolute Gasteiger partial charge is 0.417 e. The van der Waals surface area contributed by atoms with Gasteiger partial charge in [-0.3, -0.25) is 29.1 Å². The maximum Gasteiger partial charge on any atom is 0.417 e. The fourth-order valence-electron chi connectivity index (χ4n) is 7.59. The second kappa shape index (κ2) is 17.1. The summed E-state index contributed by atoms with van der Waals surface area (Å²) in [5.74, 6) is 5.01. The number of fused-ring (bicyclic) bond motifs is 1. The van der Waals surface area contributed by atoms with Crippen LogP contribution in [0.1, 0.15) is 84.4 Å². The van der Waals surface area contributed by atoms with Crippen LogP contribution in [-0.2, 0) is 46.9 Å². The molecular formula is C45H49F3N8O5. The quantitative estimate of drug-likeness (QED) is 0.204. The van der Waals surface area contributed by atoms with Gasteiger partial charge in [-0.15, -0.1) is 0 Å². The maximum absolute atomic E-state index is 14.3. The number of carbonyl (C=O) groups is 4. The van der Waals surface area contributed by atoms with Crippen LogP contribution in [-0.4, -0.2) is 104 Å². The van der Waals surface area contributed by atoms with Crippen molar-refractivity contribution >= 4 is 35.5 Å². The Labute approximate surface area is 352 Å². The van der Waals surface area contributed by atoms with Crippen molar-refractivity contribution in [3.8, 4) is 23.2 Å². The van der Waals surface area contributed by atoms with Crippen LogP contribution < -0.4 is 10.2 Å². The van der Waals surface area contributed by atoms with Gasteiger partial charge in [-0.05, 0) is 75.1 Å². The van der Waals surface area contributed by atoms with Crippen molar-refractivity contribution in [2.24, 2.45) is 7.05 Å². The summed E-state index contributed by atoms with van der Waals surface area (Å²) in [4.78, 5) is 67.8. The third kappa shape index (κ3) is 10.1. The maximum atomic E-state index is 14.3. The number of imide groups is 1. The highest BCUT2D eigenvalue weighted by Crippen LogP contribution is 2.36. The number of aromatic nitrogens is 3. The predicted octanol–water partition coefficient (Wildman–Crippen LogP) is 6.28. The molecule has 4 aromatic rings. The highest BCUT2D eigenvalue weighted by atomic mass is 19.4. The number of anilines is 2. The molecule has 0 atom stereocenters. The Kier molecular flexibility index (Phi) is 12.1. The van der Waals surface area contributed by atoms with Crippen LogP contribution in [0.2, 0.25) is 0 Å². The fourth-order valence-corrected chi connectivity index (χ4v) is 7.59. The lowest BCUT2D eigenvalue weighted by atomic mass is 10.0. The van der Waals surface area contributed by atoms with Crippen molar-refractivity contribution in [1.29, 1.82) is 0 Å². The number of ether oxygens (including phenoxy) is 1. The standard InChI is InChI=1S/C45H49F3N8O5/c1-28(57)52(5)42-49-26-31(40(51-42)38-25-35-37(53(38)6)16-17-56(41(35)59)43(60)61-44(2,3)4)11-10-29-8-7-9-30(22-29)23-39(58)50-33-13-12-32(36(24-33)45(46,47)48)27-54-18-20-55(21-19-54)34-14-15-34/h7-9,12-13,22,24-26,34H,14-21,23,27H2,1-6H3,(H,50,58). The summed E-state index contributed by atoms with van der Waals surface area (Å²) >= 11 is 0. The molecule has 1 N–H and O–H groups in total. The van der Waals surface area contributed by atoms with E-state index in [4.69, 9.17) is 9.72 Å². The summed E-state index contributed by atoms with van der Waals surface area (Å²) in [5.41, 5.74) is 2.03. The number of nitrogens with one attached hydrogen (secondary N) is 1. The number of halogens is 3. The molecule has 2 fully saturated rings. The van der Waals surface area contributed by atoms with Gasteiger partial charge in [0.2, 0.25) is 17.8 Å². The van der Waals surface area contributed by atoms with Crippen molar-refractivity contribution in [1.82, 2.24) is 29.2 Å². The molecule has 7 rings (SSSR count). The minimum absolute atomic E-state index is 0.0589. The summed E-state index contributed by atoms with van der Waals surface area (Å²) in [7, 11) is 3.32. The van der Waals surface area contributed by atoms with E-state index in [0.717, 1.165) is 24.1 Å². The van der Waals surface area contributed by atoms with E-state index >= 15 is 0 Å². The van der Waals surface area contributed by atoms with E-state index in [1.165, 1.54) is 50.0 Å². The average molecular weight is 839 g/mol. The molecule has 320 valence electrons. The van der Waals surface area contributed by atoms with Gasteiger partial charge in [0.05, 0.1) is 28.8 Å². The normalized spacial score (nSPS) is 16.1. The molecule has 3 aliphatic rings. The number of alkyl halides is 3. The second-order valence-electron chi connectivity index (χ2n) is 16.7. The minimum atomic E-state index is -4.59. The zero-order valence-electron chi connectivity index (χ0n) is 35.2. The lowest BCUT2D eigenvalue weighted by molar-refractivity contribution is -0.138. The molecule has 4 amide bonds. The first-order valence-electron chi connectivity index (χ1n) is 20.3. The SMILES string of the molecule is CC(=O)N(C)c1ncc(C#Cc2cccc(CC(=O)Nc3ccc(CN4CCN(C5CC5)CC4)c(C(F)(F)F)c3)c2)c(-c2cc3c(n2C)CCN(C(=O)OC(C)(C)C)C3=O)n1. The summed E-state index contributed by atoms with van der Waals surface area (Å²) < 4.78 is 50.1. The van der Waals surface area contributed by atoms with Crippen LogP contribution in [0.3, 0.4) is 0 Å². The minimum Gasteiger partial charge on any atom is -0.443 e. The first-order chi connectivity index (χ1) is 28.8. The Morgan fingerprint density at radius 1 is 0.984 bits per heavy atom. The van der Waals surface area contributed by atoms with Crippen molar-refractivity contribution in [2.45, 2.75) is 77.7 Å². The molecule has 0 spiro atoms. The van der Waals surface area contributed by atoms with Gasteiger partial charge in [0.25, 0.3) is 5.91 Å². The van der Waals surface area contributed by atoms with Gasteiger partial charge in [-0.25, -0.2) is 19.7 Å². The largest absolute Gasteiger partial charge is 0.443 e. The molecule has 2 aliphatic heterocycles. The Hall–Kier alpha value is -6.05. The Bertz CT molecular complexity index is 2430. The summed E-state index contributed by atoms with van der Waals surface area (Å²) in [6, 6.07) is 13.2. The topological polar surface area (TPSA) is 133 Å². The Morgan fingerprint density at radius 2 is 1.72 bits per heavy atom. The van der Waals surface area contributed by atoms with Crippen molar-refractivity contribution in [2.75, 3.05) is 50.0 Å². The van der Waals surface area contributed by atoms with Crippen LogP contribution in [0.15, 0.2) is 54.7 Å². The number of piperazine rings is 1. The fraction of sp³-hybridized carbons (Fsp3) is 0.422. The van der Waals surface area contributed by atoms with E-state index in [2.05, 4.69) is 27.0 Å². The number of benzene rings is 2. The molecule has 0 bridgehead atoms. The Balaban J connectivity index is 1.09. The van der Waals surface area contributed by atoms with Crippen molar-refractivity contribution < 1.29 is 37.1 Å². The molecular weight excluding hydrogens is 790 g/mol.